The van der Waals surface area contributed by atoms with Gasteiger partial charge in [-0.05, 0) is 48.7 Å². The zero-order valence-corrected chi connectivity index (χ0v) is 14.6. The summed E-state index contributed by atoms with van der Waals surface area (Å²) in [6.45, 7) is 1.62. The molecule has 0 unspecified atom stereocenters. The molecule has 2 aliphatic rings. The second-order valence-corrected chi connectivity index (χ2v) is 6.17. The number of carbonyl (C=O) groups excluding carboxylic acids is 2. The summed E-state index contributed by atoms with van der Waals surface area (Å²) in [5.74, 6) is -0.0379. The van der Waals surface area contributed by atoms with Crippen LogP contribution < -0.4 is 15.5 Å². The molecule has 0 atom stereocenters. The van der Waals surface area contributed by atoms with Crippen molar-refractivity contribution >= 4 is 41.3 Å². The van der Waals surface area contributed by atoms with Gasteiger partial charge in [-0.1, -0.05) is 12.1 Å². The van der Waals surface area contributed by atoms with E-state index in [1.165, 1.54) is 5.56 Å². The van der Waals surface area contributed by atoms with Crippen molar-refractivity contribution in [3.05, 3.63) is 53.6 Å². The molecule has 2 aliphatic heterocycles. The number of nitrogens with one attached hydrogen (secondary N) is 2. The number of hydrogen-bond donors (Lipinski definition) is 2. The van der Waals surface area contributed by atoms with Crippen LogP contribution in [0.5, 0.6) is 0 Å². The number of para-hydroxylation sites is 2. The molecule has 2 amide bonds. The van der Waals surface area contributed by atoms with E-state index >= 15 is 0 Å². The van der Waals surface area contributed by atoms with Gasteiger partial charge in [0.25, 0.3) is 5.91 Å². The highest BCUT2D eigenvalue weighted by molar-refractivity contribution is 6.08. The quantitative estimate of drug-likeness (QED) is 0.884. The molecule has 6 heteroatoms. The zero-order chi connectivity index (χ0) is 16.5. The second kappa shape index (κ2) is 7.15. The van der Waals surface area contributed by atoms with E-state index in [2.05, 4.69) is 10.6 Å². The Kier molecular flexibility index (Phi) is 4.95. The van der Waals surface area contributed by atoms with Gasteiger partial charge in [0.05, 0.1) is 11.4 Å². The number of rotatable bonds is 3. The largest absolute Gasteiger partial charge is 0.384 e. The van der Waals surface area contributed by atoms with Crippen molar-refractivity contribution in [1.82, 2.24) is 0 Å². The maximum absolute atomic E-state index is 12.6. The van der Waals surface area contributed by atoms with E-state index in [-0.39, 0.29) is 24.2 Å². The molecule has 1 fully saturated rings. The third kappa shape index (κ3) is 3.33. The van der Waals surface area contributed by atoms with Gasteiger partial charge in [0, 0.05) is 30.8 Å². The third-order valence-electron chi connectivity index (χ3n) is 4.59. The predicted molar refractivity (Wildman–Crippen MR) is 102 cm³/mol. The highest BCUT2D eigenvalue weighted by atomic mass is 35.5. The molecule has 2 aromatic rings. The lowest BCUT2D eigenvalue weighted by Crippen LogP contribution is -2.25. The lowest BCUT2D eigenvalue weighted by atomic mass is 10.1. The monoisotopic (exact) mass is 357 g/mol. The van der Waals surface area contributed by atoms with E-state index in [1.807, 2.05) is 42.5 Å². The molecule has 0 bridgehead atoms. The SMILES string of the molecule is Cl.O=C(Nc1ccccc1N1CCCC1=O)c1ccc2c(c1)CCN2. The summed E-state index contributed by atoms with van der Waals surface area (Å²) in [4.78, 5) is 26.4. The summed E-state index contributed by atoms with van der Waals surface area (Å²) in [6.07, 6.45) is 2.37. The van der Waals surface area contributed by atoms with Crippen LogP contribution >= 0.6 is 12.4 Å². The molecule has 0 aromatic heterocycles. The van der Waals surface area contributed by atoms with Crippen molar-refractivity contribution in [2.24, 2.45) is 0 Å². The Balaban J connectivity index is 0.00000182. The molecule has 5 nitrogen and oxygen atoms in total. The summed E-state index contributed by atoms with van der Waals surface area (Å²) in [7, 11) is 0. The number of halogens is 1. The van der Waals surface area contributed by atoms with E-state index in [4.69, 9.17) is 0 Å². The number of benzene rings is 2. The van der Waals surface area contributed by atoms with Gasteiger partial charge in [-0.25, -0.2) is 0 Å². The van der Waals surface area contributed by atoms with Crippen molar-refractivity contribution in [2.45, 2.75) is 19.3 Å². The molecule has 4 rings (SSSR count). The van der Waals surface area contributed by atoms with Gasteiger partial charge in [-0.15, -0.1) is 12.4 Å². The molecule has 25 heavy (non-hydrogen) atoms. The van der Waals surface area contributed by atoms with E-state index in [1.54, 1.807) is 4.90 Å². The van der Waals surface area contributed by atoms with Crippen molar-refractivity contribution < 1.29 is 9.59 Å². The minimum Gasteiger partial charge on any atom is -0.384 e. The van der Waals surface area contributed by atoms with Crippen LogP contribution in [0.2, 0.25) is 0 Å². The Bertz CT molecular complexity index is 822. The number of carbonyl (C=O) groups is 2. The molecule has 0 aliphatic carbocycles. The molecule has 0 saturated carbocycles. The third-order valence-corrected chi connectivity index (χ3v) is 4.59. The van der Waals surface area contributed by atoms with Gasteiger partial charge in [0.15, 0.2) is 0 Å². The molecule has 0 radical (unpaired) electrons. The van der Waals surface area contributed by atoms with Gasteiger partial charge in [0.1, 0.15) is 0 Å². The topological polar surface area (TPSA) is 61.4 Å². The van der Waals surface area contributed by atoms with Gasteiger partial charge < -0.3 is 15.5 Å². The summed E-state index contributed by atoms with van der Waals surface area (Å²) in [6, 6.07) is 13.2. The summed E-state index contributed by atoms with van der Waals surface area (Å²) < 4.78 is 0. The molecular weight excluding hydrogens is 338 g/mol. The molecule has 130 valence electrons. The van der Waals surface area contributed by atoms with Crippen molar-refractivity contribution in [2.75, 3.05) is 28.6 Å². The van der Waals surface area contributed by atoms with Crippen LogP contribution in [-0.2, 0) is 11.2 Å². The maximum atomic E-state index is 12.6. The number of nitrogens with zero attached hydrogens (tertiary/aromatic N) is 1. The second-order valence-electron chi connectivity index (χ2n) is 6.17. The standard InChI is InChI=1S/C19H19N3O2.ClH/c23-18-6-3-11-22(18)17-5-2-1-4-16(17)21-19(24)14-7-8-15-13(12-14)9-10-20-15;/h1-2,4-5,7-8,12,20H,3,6,9-11H2,(H,21,24);1H. The normalized spacial score (nSPS) is 15.4. The smallest absolute Gasteiger partial charge is 0.255 e. The summed E-state index contributed by atoms with van der Waals surface area (Å²) in [5, 5.41) is 6.25. The van der Waals surface area contributed by atoms with Crippen LogP contribution in [0.15, 0.2) is 42.5 Å². The first kappa shape index (κ1) is 17.3. The number of hydrogen-bond acceptors (Lipinski definition) is 3. The predicted octanol–water partition coefficient (Wildman–Crippen LogP) is 3.46. The lowest BCUT2D eigenvalue weighted by molar-refractivity contribution is -0.117. The Morgan fingerprint density at radius 2 is 1.96 bits per heavy atom. The van der Waals surface area contributed by atoms with Crippen molar-refractivity contribution in [3.8, 4) is 0 Å². The Morgan fingerprint density at radius 3 is 2.76 bits per heavy atom. The van der Waals surface area contributed by atoms with Crippen LogP contribution in [0.4, 0.5) is 17.1 Å². The Labute approximate surface area is 152 Å². The van der Waals surface area contributed by atoms with Crippen LogP contribution in [-0.4, -0.2) is 24.9 Å². The molecule has 2 heterocycles. The molecule has 2 aromatic carbocycles. The molecule has 0 spiro atoms. The highest BCUT2D eigenvalue weighted by Gasteiger charge is 2.24. The van der Waals surface area contributed by atoms with Crippen LogP contribution in [0.25, 0.3) is 0 Å². The van der Waals surface area contributed by atoms with Gasteiger partial charge >= 0.3 is 0 Å². The van der Waals surface area contributed by atoms with Gasteiger partial charge in [-0.2, -0.15) is 0 Å². The molecular formula is C19H20ClN3O2. The van der Waals surface area contributed by atoms with Crippen LogP contribution in [0.3, 0.4) is 0 Å². The van der Waals surface area contributed by atoms with E-state index in [0.29, 0.717) is 24.2 Å². The van der Waals surface area contributed by atoms with Gasteiger partial charge in [-0.3, -0.25) is 9.59 Å². The molecule has 2 N–H and O–H groups in total. The zero-order valence-electron chi connectivity index (χ0n) is 13.7. The lowest BCUT2D eigenvalue weighted by Gasteiger charge is -2.20. The van der Waals surface area contributed by atoms with Crippen molar-refractivity contribution in [3.63, 3.8) is 0 Å². The average molecular weight is 358 g/mol. The summed E-state index contributed by atoms with van der Waals surface area (Å²) in [5.41, 5.74) is 4.37. The van der Waals surface area contributed by atoms with E-state index in [0.717, 1.165) is 30.8 Å². The maximum Gasteiger partial charge on any atom is 0.255 e. The summed E-state index contributed by atoms with van der Waals surface area (Å²) >= 11 is 0. The first-order valence-electron chi connectivity index (χ1n) is 8.30. The number of amides is 2. The average Bonchev–Trinajstić information content (AvgIpc) is 3.23. The van der Waals surface area contributed by atoms with Crippen LogP contribution in [0.1, 0.15) is 28.8 Å². The fourth-order valence-corrected chi connectivity index (χ4v) is 3.36. The van der Waals surface area contributed by atoms with E-state index < -0.39 is 0 Å². The first-order valence-corrected chi connectivity index (χ1v) is 8.30. The Hall–Kier alpha value is -2.53. The van der Waals surface area contributed by atoms with E-state index in [9.17, 15) is 9.59 Å². The van der Waals surface area contributed by atoms with Crippen molar-refractivity contribution in [1.29, 1.82) is 0 Å². The number of anilines is 3. The molecule has 1 saturated heterocycles. The minimum absolute atomic E-state index is 0. The minimum atomic E-state index is -0.149. The number of fused-ring (bicyclic) bond motifs is 1. The Morgan fingerprint density at radius 1 is 1.12 bits per heavy atom. The first-order chi connectivity index (χ1) is 11.7. The highest BCUT2D eigenvalue weighted by Crippen LogP contribution is 2.30. The van der Waals surface area contributed by atoms with Gasteiger partial charge in [0.2, 0.25) is 5.91 Å². The fourth-order valence-electron chi connectivity index (χ4n) is 3.36. The van der Waals surface area contributed by atoms with Crippen LogP contribution in [0, 0.1) is 0 Å². The fraction of sp³-hybridized carbons (Fsp3) is 0.263.